The van der Waals surface area contributed by atoms with Crippen LogP contribution in [0.5, 0.6) is 0 Å². The van der Waals surface area contributed by atoms with Gasteiger partial charge in [-0.05, 0) is 318 Å². The molecule has 8 bridgehead atoms. The van der Waals surface area contributed by atoms with E-state index >= 15 is 0 Å². The molecule has 10 saturated carbocycles. The second kappa shape index (κ2) is 46.4. The highest BCUT2D eigenvalue weighted by Crippen LogP contribution is 2.61. The maximum atomic E-state index is 11.1. The van der Waals surface area contributed by atoms with Gasteiger partial charge in [0.2, 0.25) is 0 Å². The Morgan fingerprint density at radius 2 is 0.375 bits per heavy atom. The predicted molar refractivity (Wildman–Crippen MR) is 518 cm³/mol. The Bertz CT molecular complexity index is 4650. The summed E-state index contributed by atoms with van der Waals surface area (Å²) in [5.74, 6) is 0.773. The predicted octanol–water partition coefficient (Wildman–Crippen LogP) is 24.3. The molecule has 0 amide bonds. The van der Waals surface area contributed by atoms with E-state index in [0.717, 1.165) is 89.9 Å². The smallest absolute Gasteiger partial charge is 0.166 e. The molecule has 12 heteroatoms. The number of benzene rings is 12. The van der Waals surface area contributed by atoms with Crippen molar-refractivity contribution >= 4 is 67.5 Å². The number of carboxylic acids is 4. The standard InChI is InChI=1S/2C22H23S.2C18H15S.2C11H16O2.2C7H12O2/c2*1-22(2,3)18-14-16-21(17-15-18)23(19-10-6-4-7-11-19)20-12-8-5-9-13-20;2*1-4-10-16(11-5-1)19(17-12-6-2-7-13-17)18-14-8-3-9-15-18;2*12-10(13)11-4-7-1-8(5-11)3-9(2-7)6-11;2*8-7(9)6-4-2-1-3-5-6/h2*4-17H,1-3H3;2*1-15H;2*7-9H,1-6H2,(H,12,13);2*6H,1-5H2,(H,8,9)/q4*+1;;;;/p-4. The lowest BCUT2D eigenvalue weighted by molar-refractivity contribution is -0.328. The van der Waals surface area contributed by atoms with E-state index in [1.807, 2.05) is 0 Å². The summed E-state index contributed by atoms with van der Waals surface area (Å²) in [6, 6.07) is 126. The normalized spacial score (nSPS) is 21.0. The van der Waals surface area contributed by atoms with E-state index < -0.39 is 34.7 Å². The fraction of sp³-hybridized carbons (Fsp3) is 0.345. The largest absolute Gasteiger partial charge is 0.550 e. The van der Waals surface area contributed by atoms with Gasteiger partial charge in [0.1, 0.15) is 0 Å². The average Bonchev–Trinajstić information content (AvgIpc) is 0.746. The van der Waals surface area contributed by atoms with Gasteiger partial charge in [0.05, 0.1) is 43.6 Å². The number of carbonyl (C=O) groups is 4. The van der Waals surface area contributed by atoms with E-state index in [2.05, 4.69) is 393 Å². The first-order valence-electron chi connectivity index (χ1n) is 46.5. The number of rotatable bonds is 16. The number of hydrogen-bond acceptors (Lipinski definition) is 8. The second-order valence-electron chi connectivity index (χ2n) is 38.2. The highest BCUT2D eigenvalue weighted by Gasteiger charge is 2.53. The molecule has 10 fully saturated rings. The lowest BCUT2D eigenvalue weighted by Gasteiger charge is -2.57. The molecule has 664 valence electrons. The summed E-state index contributed by atoms with van der Waals surface area (Å²) >= 11 is 0. The second-order valence-corrected chi connectivity index (χ2v) is 46.3. The first-order chi connectivity index (χ1) is 62.0. The molecule has 0 atom stereocenters. The molecule has 0 saturated heterocycles. The molecule has 0 unspecified atom stereocenters. The van der Waals surface area contributed by atoms with Gasteiger partial charge in [-0.1, -0.05) is 286 Å². The van der Waals surface area contributed by atoms with Crippen molar-refractivity contribution in [2.24, 2.45) is 58.2 Å². The van der Waals surface area contributed by atoms with E-state index in [-0.39, 0.29) is 66.2 Å². The Hall–Kier alpha value is -10.1. The molecule has 0 aromatic heterocycles. The van der Waals surface area contributed by atoms with Crippen LogP contribution in [0.3, 0.4) is 0 Å². The molecule has 0 spiro atoms. The van der Waals surface area contributed by atoms with E-state index in [1.54, 1.807) is 0 Å². The average molecular weight is 1780 g/mol. The Morgan fingerprint density at radius 3 is 0.500 bits per heavy atom. The minimum absolute atomic E-state index is 0.0146. The SMILES string of the molecule is CC(C)(C)c1ccc([S+](c2ccccc2)c2ccccc2)cc1.CC(C)(C)c1ccc([S+](c2ccccc2)c2ccccc2)cc1.O=C([O-])C12CC3CC(CC(C3)C1)C2.O=C([O-])C12CC3CC(CC(C3)C1)C2.O=C([O-])C1CCCCC1.O=C([O-])C1CCCCC1.c1ccc([S+](c2ccccc2)c2ccccc2)cc1.c1ccc([S+](c2ccccc2)c2ccccc2)cc1. The Labute approximate surface area is 774 Å². The molecular weight excluding hydrogens is 1650 g/mol. The lowest BCUT2D eigenvalue weighted by atomic mass is 9.49. The van der Waals surface area contributed by atoms with Gasteiger partial charge in [-0.25, -0.2) is 0 Å². The molecule has 22 rings (SSSR count). The molecule has 8 nitrogen and oxygen atoms in total. The Kier molecular flexibility index (Phi) is 34.7. The van der Waals surface area contributed by atoms with Gasteiger partial charge in [-0.2, -0.15) is 0 Å². The van der Waals surface area contributed by atoms with E-state index in [0.29, 0.717) is 35.5 Å². The van der Waals surface area contributed by atoms with Crippen molar-refractivity contribution in [1.29, 1.82) is 0 Å². The van der Waals surface area contributed by atoms with Crippen LogP contribution in [-0.4, -0.2) is 23.9 Å². The highest BCUT2D eigenvalue weighted by molar-refractivity contribution is 7.98. The van der Waals surface area contributed by atoms with Crippen LogP contribution >= 0.6 is 0 Å². The third-order valence-corrected chi connectivity index (χ3v) is 35.4. The summed E-state index contributed by atoms with van der Waals surface area (Å²) in [4.78, 5) is 59.1. The van der Waals surface area contributed by atoms with Crippen LogP contribution in [0.4, 0.5) is 0 Å². The minimum Gasteiger partial charge on any atom is -0.550 e. The maximum absolute atomic E-state index is 11.1. The number of aliphatic carboxylic acids is 4. The molecule has 10 aliphatic rings. The van der Waals surface area contributed by atoms with Gasteiger partial charge in [-0.15, -0.1) is 0 Å². The Morgan fingerprint density at radius 1 is 0.227 bits per heavy atom. The van der Waals surface area contributed by atoms with E-state index in [1.165, 1.54) is 121 Å². The number of carbonyl (C=O) groups excluding carboxylic acids is 4. The highest BCUT2D eigenvalue weighted by atomic mass is 32.2. The fourth-order valence-electron chi connectivity index (χ4n) is 20.8. The van der Waals surface area contributed by atoms with E-state index in [9.17, 15) is 39.6 Å². The molecule has 12 aromatic carbocycles. The van der Waals surface area contributed by atoms with Crippen LogP contribution < -0.4 is 20.4 Å². The Balaban J connectivity index is 0.000000127. The van der Waals surface area contributed by atoms with Crippen LogP contribution in [0.25, 0.3) is 0 Å². The van der Waals surface area contributed by atoms with Gasteiger partial charge in [-0.3, -0.25) is 0 Å². The monoisotopic (exact) mass is 1780 g/mol. The number of hydrogen-bond donors (Lipinski definition) is 0. The lowest BCUT2D eigenvalue weighted by Crippen LogP contribution is -2.54. The van der Waals surface area contributed by atoms with Crippen molar-refractivity contribution in [3.8, 4) is 0 Å². The summed E-state index contributed by atoms with van der Waals surface area (Å²) in [5.41, 5.74) is 2.35. The van der Waals surface area contributed by atoms with Crippen molar-refractivity contribution in [2.75, 3.05) is 0 Å². The zero-order chi connectivity index (χ0) is 89.9. The fourth-order valence-corrected chi connectivity index (χ4v) is 29.2. The molecule has 0 aliphatic heterocycles. The third kappa shape index (κ3) is 26.6. The topological polar surface area (TPSA) is 161 Å². The molecular formula is C116H128O8S4. The van der Waals surface area contributed by atoms with Crippen molar-refractivity contribution in [3.63, 3.8) is 0 Å². The van der Waals surface area contributed by atoms with Crippen LogP contribution in [0.15, 0.2) is 411 Å². The van der Waals surface area contributed by atoms with Gasteiger partial charge in [0.15, 0.2) is 58.7 Å². The van der Waals surface area contributed by atoms with Crippen molar-refractivity contribution in [2.45, 2.75) is 252 Å². The first kappa shape index (κ1) is 95.5. The zero-order valence-corrected chi connectivity index (χ0v) is 78.8. The van der Waals surface area contributed by atoms with Crippen LogP contribution in [0.2, 0.25) is 0 Å². The van der Waals surface area contributed by atoms with Gasteiger partial charge in [0, 0.05) is 34.7 Å². The summed E-state index contributed by atoms with van der Waals surface area (Å²) < 4.78 is 0. The third-order valence-electron chi connectivity index (χ3n) is 26.5. The summed E-state index contributed by atoms with van der Waals surface area (Å²) in [5, 5.41) is 42.8. The van der Waals surface area contributed by atoms with Gasteiger partial charge < -0.3 is 39.6 Å². The van der Waals surface area contributed by atoms with Crippen molar-refractivity contribution < 1.29 is 39.6 Å². The minimum atomic E-state index is -0.852. The quantitative estimate of drug-likeness (QED) is 0.0864. The zero-order valence-electron chi connectivity index (χ0n) is 75.6. The first-order valence-corrected chi connectivity index (χ1v) is 51.4. The van der Waals surface area contributed by atoms with E-state index in [4.69, 9.17) is 0 Å². The summed E-state index contributed by atoms with van der Waals surface area (Å²) in [6.07, 6.45) is 23.3. The molecule has 0 N–H and O–H groups in total. The molecule has 0 radical (unpaired) electrons. The maximum Gasteiger partial charge on any atom is 0.166 e. The molecule has 0 heterocycles. The van der Waals surface area contributed by atoms with Crippen molar-refractivity contribution in [3.05, 3.63) is 363 Å². The van der Waals surface area contributed by atoms with Crippen LogP contribution in [-0.2, 0) is 73.6 Å². The molecule has 128 heavy (non-hydrogen) atoms. The number of carboxylic acid groups (broad SMARTS) is 4. The van der Waals surface area contributed by atoms with Gasteiger partial charge in [0.25, 0.3) is 0 Å². The molecule has 10 aliphatic carbocycles. The van der Waals surface area contributed by atoms with Crippen molar-refractivity contribution in [1.82, 2.24) is 0 Å². The molecule has 12 aromatic rings. The van der Waals surface area contributed by atoms with Gasteiger partial charge >= 0.3 is 0 Å². The summed E-state index contributed by atoms with van der Waals surface area (Å²) in [6.45, 7) is 13.6. The summed E-state index contributed by atoms with van der Waals surface area (Å²) in [7, 11) is -0.129. The van der Waals surface area contributed by atoms with Crippen LogP contribution in [0, 0.1) is 58.2 Å². The van der Waals surface area contributed by atoms with Crippen LogP contribution in [0.1, 0.15) is 194 Å².